The van der Waals surface area contributed by atoms with Gasteiger partial charge in [0, 0.05) is 7.05 Å². The van der Waals surface area contributed by atoms with Crippen molar-refractivity contribution in [3.05, 3.63) is 33.7 Å². The fraction of sp³-hybridized carbons (Fsp3) is 0.400. The van der Waals surface area contributed by atoms with Gasteiger partial charge in [-0.25, -0.2) is 9.79 Å². The van der Waals surface area contributed by atoms with Crippen LogP contribution in [0.4, 0.5) is 0 Å². The van der Waals surface area contributed by atoms with Crippen molar-refractivity contribution in [3.8, 4) is 0 Å². The molecule has 19 heavy (non-hydrogen) atoms. The minimum absolute atomic E-state index is 0.152. The van der Waals surface area contributed by atoms with Gasteiger partial charge in [0.05, 0.1) is 12.1 Å². The molecule has 0 fully saturated rings. The molecule has 1 unspecified atom stereocenters. The SMILES string of the molecule is CN(O)C(=O)c1c(=N)n(C)nc(C2CC=CS2)[n+]1[O-]. The third kappa shape index (κ3) is 2.34. The number of hydrogen-bond acceptors (Lipinski definition) is 6. The van der Waals surface area contributed by atoms with Crippen LogP contribution in [0.2, 0.25) is 0 Å². The minimum atomic E-state index is -0.935. The van der Waals surface area contributed by atoms with Crippen LogP contribution in [-0.4, -0.2) is 33.0 Å². The summed E-state index contributed by atoms with van der Waals surface area (Å²) in [5.41, 5.74) is -0.786. The van der Waals surface area contributed by atoms with E-state index in [1.165, 1.54) is 18.8 Å². The van der Waals surface area contributed by atoms with E-state index in [-0.39, 0.29) is 21.6 Å². The first-order valence-corrected chi connectivity index (χ1v) is 6.40. The molecule has 2 rings (SSSR count). The standard InChI is InChI=1S/C10H13N5O3S/c1-13-8(11)7(10(16)14(2)17)15(18)9(12-13)6-4-3-5-19-6/h3,5-6,11,17H,4H2,1-2H3. The molecule has 1 aliphatic rings. The highest BCUT2D eigenvalue weighted by molar-refractivity contribution is 8.02. The van der Waals surface area contributed by atoms with Crippen LogP contribution < -0.4 is 10.2 Å². The summed E-state index contributed by atoms with van der Waals surface area (Å²) >= 11 is 1.43. The van der Waals surface area contributed by atoms with Gasteiger partial charge in [-0.2, -0.15) is 4.68 Å². The Kier molecular flexibility index (Phi) is 3.58. The number of thioether (sulfide) groups is 1. The van der Waals surface area contributed by atoms with Gasteiger partial charge in [-0.3, -0.25) is 15.4 Å². The molecule has 2 N–H and O–H groups in total. The summed E-state index contributed by atoms with van der Waals surface area (Å²) in [7, 11) is 2.58. The van der Waals surface area contributed by atoms with Gasteiger partial charge in [-0.15, -0.1) is 11.8 Å². The van der Waals surface area contributed by atoms with Crippen molar-refractivity contribution in [2.75, 3.05) is 7.05 Å². The van der Waals surface area contributed by atoms with Crippen LogP contribution in [0.1, 0.15) is 28.0 Å². The number of allylic oxidation sites excluding steroid dienone is 1. The van der Waals surface area contributed by atoms with Crippen LogP contribution in [0.5, 0.6) is 0 Å². The normalized spacial score (nSPS) is 17.7. The molecular weight excluding hydrogens is 270 g/mol. The van der Waals surface area contributed by atoms with Crippen LogP contribution in [0.25, 0.3) is 0 Å². The molecule has 0 saturated heterocycles. The van der Waals surface area contributed by atoms with Crippen molar-refractivity contribution >= 4 is 17.7 Å². The highest BCUT2D eigenvalue weighted by Crippen LogP contribution is 2.35. The molecule has 0 aromatic carbocycles. The monoisotopic (exact) mass is 283 g/mol. The van der Waals surface area contributed by atoms with Crippen molar-refractivity contribution in [2.24, 2.45) is 7.05 Å². The zero-order chi connectivity index (χ0) is 14.2. The summed E-state index contributed by atoms with van der Waals surface area (Å²) in [6.45, 7) is 0. The van der Waals surface area contributed by atoms with E-state index in [1.807, 2.05) is 11.5 Å². The lowest BCUT2D eigenvalue weighted by Crippen LogP contribution is -2.52. The van der Waals surface area contributed by atoms with Crippen LogP contribution >= 0.6 is 11.8 Å². The van der Waals surface area contributed by atoms with E-state index in [1.54, 1.807) is 0 Å². The second-order valence-corrected chi connectivity index (χ2v) is 5.15. The Balaban J connectivity index is 2.59. The van der Waals surface area contributed by atoms with Gasteiger partial charge in [-0.05, 0) is 11.8 Å². The summed E-state index contributed by atoms with van der Waals surface area (Å²) in [5, 5.41) is 35.1. The first-order valence-electron chi connectivity index (χ1n) is 5.46. The van der Waals surface area contributed by atoms with Crippen molar-refractivity contribution in [1.82, 2.24) is 14.8 Å². The molecule has 9 heteroatoms. The van der Waals surface area contributed by atoms with Gasteiger partial charge in [0.1, 0.15) is 5.25 Å². The lowest BCUT2D eigenvalue weighted by atomic mass is 10.3. The number of hydroxylamine groups is 2. The lowest BCUT2D eigenvalue weighted by molar-refractivity contribution is -0.623. The number of hydrogen-bond donors (Lipinski definition) is 2. The topological polar surface area (TPSA) is 109 Å². The second kappa shape index (κ2) is 5.02. The van der Waals surface area contributed by atoms with E-state index in [0.717, 1.165) is 11.7 Å². The first kappa shape index (κ1) is 13.6. The third-order valence-corrected chi connectivity index (χ3v) is 3.77. The van der Waals surface area contributed by atoms with Gasteiger partial charge in [0.2, 0.25) is 11.2 Å². The summed E-state index contributed by atoms with van der Waals surface area (Å²) in [6, 6.07) is 0. The molecule has 0 bridgehead atoms. The minimum Gasteiger partial charge on any atom is -0.710 e. The number of aromatic nitrogens is 3. The fourth-order valence-electron chi connectivity index (χ4n) is 1.70. The van der Waals surface area contributed by atoms with Crippen molar-refractivity contribution in [1.29, 1.82) is 5.41 Å². The summed E-state index contributed by atoms with van der Waals surface area (Å²) in [4.78, 5) is 11.8. The van der Waals surface area contributed by atoms with Crippen LogP contribution in [0, 0.1) is 10.6 Å². The largest absolute Gasteiger partial charge is 0.710 e. The quantitative estimate of drug-likeness (QED) is 0.335. The third-order valence-electron chi connectivity index (χ3n) is 2.69. The predicted octanol–water partition coefficient (Wildman–Crippen LogP) is -0.314. The molecule has 0 aliphatic carbocycles. The first-order chi connectivity index (χ1) is 8.93. The highest BCUT2D eigenvalue weighted by Gasteiger charge is 2.31. The van der Waals surface area contributed by atoms with Crippen LogP contribution in [-0.2, 0) is 7.05 Å². The molecular formula is C10H13N5O3S. The average molecular weight is 283 g/mol. The van der Waals surface area contributed by atoms with Gasteiger partial charge < -0.3 is 5.21 Å². The van der Waals surface area contributed by atoms with E-state index in [4.69, 9.17) is 5.41 Å². The van der Waals surface area contributed by atoms with Crippen LogP contribution in [0.3, 0.4) is 0 Å². The Hall–Kier alpha value is -1.87. The maximum Gasteiger partial charge on any atom is 0.341 e. The molecule has 1 aromatic rings. The van der Waals surface area contributed by atoms with Gasteiger partial charge in [0.25, 0.3) is 0 Å². The van der Waals surface area contributed by atoms with Gasteiger partial charge >= 0.3 is 11.7 Å². The molecule has 1 amide bonds. The molecule has 0 radical (unpaired) electrons. The maximum atomic E-state index is 12.2. The summed E-state index contributed by atoms with van der Waals surface area (Å²) in [5.74, 6) is -0.783. The molecule has 0 spiro atoms. The number of amides is 1. The Bertz CT molecular complexity index is 602. The molecule has 1 atom stereocenters. The molecule has 8 nitrogen and oxygen atoms in total. The van der Waals surface area contributed by atoms with Crippen molar-refractivity contribution in [2.45, 2.75) is 11.7 Å². The van der Waals surface area contributed by atoms with E-state index in [9.17, 15) is 15.2 Å². The number of nitrogens with zero attached hydrogens (tertiary/aromatic N) is 4. The summed E-state index contributed by atoms with van der Waals surface area (Å²) < 4.78 is 1.49. The lowest BCUT2D eigenvalue weighted by Gasteiger charge is -2.16. The molecule has 102 valence electrons. The summed E-state index contributed by atoms with van der Waals surface area (Å²) in [6.07, 6.45) is 2.55. The molecule has 0 saturated carbocycles. The van der Waals surface area contributed by atoms with Crippen LogP contribution in [0.15, 0.2) is 11.5 Å². The Morgan fingerprint density at radius 3 is 3.00 bits per heavy atom. The van der Waals surface area contributed by atoms with E-state index in [0.29, 0.717) is 11.2 Å². The zero-order valence-electron chi connectivity index (χ0n) is 10.4. The Morgan fingerprint density at radius 1 is 1.79 bits per heavy atom. The molecule has 1 aliphatic heterocycles. The number of nitrogens with one attached hydrogen (secondary N) is 1. The molecule has 2 heterocycles. The fourth-order valence-corrected chi connectivity index (χ4v) is 2.59. The van der Waals surface area contributed by atoms with Gasteiger partial charge in [0.15, 0.2) is 0 Å². The predicted molar refractivity (Wildman–Crippen MR) is 66.0 cm³/mol. The Morgan fingerprint density at radius 2 is 2.47 bits per heavy atom. The Labute approximate surface area is 113 Å². The smallest absolute Gasteiger partial charge is 0.341 e. The van der Waals surface area contributed by atoms with E-state index >= 15 is 0 Å². The van der Waals surface area contributed by atoms with Crippen molar-refractivity contribution in [3.63, 3.8) is 0 Å². The second-order valence-electron chi connectivity index (χ2n) is 4.03. The van der Waals surface area contributed by atoms with E-state index in [2.05, 4.69) is 5.10 Å². The number of carbonyl (C=O) groups excluding carboxylic acids is 1. The number of carbonyl (C=O) groups is 1. The average Bonchev–Trinajstić information content (AvgIpc) is 2.87. The van der Waals surface area contributed by atoms with E-state index < -0.39 is 11.6 Å². The molecule has 1 aromatic heterocycles. The zero-order valence-corrected chi connectivity index (χ0v) is 11.2. The van der Waals surface area contributed by atoms with Gasteiger partial charge in [-0.1, -0.05) is 6.08 Å². The number of aryl methyl sites for hydroxylation is 1. The highest BCUT2D eigenvalue weighted by atomic mass is 32.2. The maximum absolute atomic E-state index is 12.2. The number of rotatable bonds is 2. The van der Waals surface area contributed by atoms with Crippen molar-refractivity contribution < 1.29 is 14.7 Å².